The van der Waals surface area contributed by atoms with Gasteiger partial charge in [-0.05, 0) is 33.6 Å². The first-order valence-electron chi connectivity index (χ1n) is 3.51. The average Bonchev–Trinajstić information content (AvgIpc) is 2.08. The molecule has 0 saturated heterocycles. The maximum absolute atomic E-state index is 12.2. The van der Waals surface area contributed by atoms with Crippen molar-refractivity contribution in [1.82, 2.24) is 0 Å². The molecule has 0 fully saturated rings. The lowest BCUT2D eigenvalue weighted by molar-refractivity contribution is 0.116. The van der Waals surface area contributed by atoms with Gasteiger partial charge in [0.1, 0.15) is 0 Å². The van der Waals surface area contributed by atoms with Crippen LogP contribution < -0.4 is 5.73 Å². The Balaban J connectivity index is 0.00000169. The van der Waals surface area contributed by atoms with Crippen molar-refractivity contribution < 1.29 is 8.78 Å². The van der Waals surface area contributed by atoms with Crippen LogP contribution in [-0.2, 0) is 0 Å². The fourth-order valence-electron chi connectivity index (χ4n) is 0.865. The van der Waals surface area contributed by atoms with Crippen LogP contribution >= 0.6 is 39.9 Å². The van der Waals surface area contributed by atoms with E-state index in [9.17, 15) is 8.78 Å². The first-order valence-corrected chi connectivity index (χ1v) is 4.68. The minimum Gasteiger partial charge on any atom is -0.319 e. The number of nitrogens with two attached hydrogens (primary N) is 1. The van der Waals surface area contributed by atoms with Gasteiger partial charge in [-0.2, -0.15) is 0 Å². The van der Waals surface area contributed by atoms with E-state index in [0.29, 0.717) is 15.1 Å². The van der Waals surface area contributed by atoms with Crippen LogP contribution in [0.25, 0.3) is 0 Å². The van der Waals surface area contributed by atoms with Gasteiger partial charge < -0.3 is 5.73 Å². The molecule has 0 unspecified atom stereocenters. The molecule has 1 rings (SSSR count). The van der Waals surface area contributed by atoms with Gasteiger partial charge in [0.15, 0.2) is 0 Å². The molecular weight excluding hydrogens is 299 g/mol. The molecule has 1 atom stereocenters. The third kappa shape index (κ3) is 3.35. The zero-order chi connectivity index (χ0) is 10.0. The van der Waals surface area contributed by atoms with E-state index >= 15 is 0 Å². The maximum Gasteiger partial charge on any atom is 0.257 e. The Morgan fingerprint density at radius 1 is 1.36 bits per heavy atom. The highest BCUT2D eigenvalue weighted by atomic mass is 79.9. The second kappa shape index (κ2) is 5.85. The van der Waals surface area contributed by atoms with Gasteiger partial charge in [0, 0.05) is 4.47 Å². The smallest absolute Gasteiger partial charge is 0.257 e. The van der Waals surface area contributed by atoms with Crippen molar-refractivity contribution in [1.29, 1.82) is 0 Å². The number of hydrogen-bond donors (Lipinski definition) is 1. The summed E-state index contributed by atoms with van der Waals surface area (Å²) in [4.78, 5) is 0. The number of rotatable bonds is 2. The zero-order valence-electron chi connectivity index (χ0n) is 6.88. The molecule has 0 aliphatic heterocycles. The van der Waals surface area contributed by atoms with Gasteiger partial charge in [-0.3, -0.25) is 0 Å². The van der Waals surface area contributed by atoms with Gasteiger partial charge in [-0.15, -0.1) is 12.4 Å². The Morgan fingerprint density at radius 2 is 1.93 bits per heavy atom. The van der Waals surface area contributed by atoms with Crippen LogP contribution in [0.2, 0.25) is 5.02 Å². The molecule has 0 bridgehead atoms. The highest BCUT2D eigenvalue weighted by molar-refractivity contribution is 9.10. The summed E-state index contributed by atoms with van der Waals surface area (Å²) in [6.07, 6.45) is -2.56. The highest BCUT2D eigenvalue weighted by Crippen LogP contribution is 2.27. The SMILES string of the molecule is Cl.N[C@H](c1ccc(Cl)c(Br)c1)C(F)F. The fraction of sp³-hybridized carbons (Fsp3) is 0.250. The average molecular weight is 307 g/mol. The summed E-state index contributed by atoms with van der Waals surface area (Å²) in [6.45, 7) is 0. The Hall–Kier alpha value is 0.1000. The number of hydrogen-bond acceptors (Lipinski definition) is 1. The zero-order valence-corrected chi connectivity index (χ0v) is 10.0. The minimum atomic E-state index is -2.56. The number of alkyl halides is 2. The van der Waals surface area contributed by atoms with Crippen LogP contribution in [0.15, 0.2) is 22.7 Å². The molecule has 0 saturated carbocycles. The molecule has 80 valence electrons. The lowest BCUT2D eigenvalue weighted by atomic mass is 10.1. The van der Waals surface area contributed by atoms with Crippen molar-refractivity contribution in [2.24, 2.45) is 5.73 Å². The third-order valence-corrected chi connectivity index (χ3v) is 2.81. The van der Waals surface area contributed by atoms with Crippen molar-refractivity contribution in [3.63, 3.8) is 0 Å². The maximum atomic E-state index is 12.2. The lowest BCUT2D eigenvalue weighted by Gasteiger charge is -2.11. The van der Waals surface area contributed by atoms with E-state index < -0.39 is 12.5 Å². The molecule has 1 aromatic rings. The van der Waals surface area contributed by atoms with Crippen molar-refractivity contribution in [3.8, 4) is 0 Å². The standard InChI is InChI=1S/C8H7BrClF2N.ClH/c9-5-3-4(1-2-6(5)10)7(13)8(11)12;/h1-3,7-8H,13H2;1H/t7-;/m1./s1. The van der Waals surface area contributed by atoms with Gasteiger partial charge in [0.2, 0.25) is 0 Å². The summed E-state index contributed by atoms with van der Waals surface area (Å²) >= 11 is 8.82. The highest BCUT2D eigenvalue weighted by Gasteiger charge is 2.17. The summed E-state index contributed by atoms with van der Waals surface area (Å²) in [5.41, 5.74) is 5.61. The predicted molar refractivity (Wildman–Crippen MR) is 59.3 cm³/mol. The molecule has 0 spiro atoms. The van der Waals surface area contributed by atoms with Crippen LogP contribution in [0.5, 0.6) is 0 Å². The Labute approximate surface area is 100 Å². The van der Waals surface area contributed by atoms with Gasteiger partial charge in [0.25, 0.3) is 6.43 Å². The fourth-order valence-corrected chi connectivity index (χ4v) is 1.38. The van der Waals surface area contributed by atoms with Crippen LogP contribution in [-0.4, -0.2) is 6.43 Å². The molecule has 0 amide bonds. The molecule has 0 aliphatic carbocycles. The molecule has 0 aliphatic rings. The largest absolute Gasteiger partial charge is 0.319 e. The summed E-state index contributed by atoms with van der Waals surface area (Å²) < 4.78 is 24.9. The molecule has 2 N–H and O–H groups in total. The van der Waals surface area contributed by atoms with Crippen molar-refractivity contribution in [3.05, 3.63) is 33.3 Å². The second-order valence-corrected chi connectivity index (χ2v) is 3.80. The molecule has 6 heteroatoms. The Bertz CT molecular complexity index is 309. The summed E-state index contributed by atoms with van der Waals surface area (Å²) in [6, 6.07) is 3.26. The van der Waals surface area contributed by atoms with E-state index in [4.69, 9.17) is 17.3 Å². The van der Waals surface area contributed by atoms with E-state index in [2.05, 4.69) is 15.9 Å². The van der Waals surface area contributed by atoms with Gasteiger partial charge in [-0.1, -0.05) is 17.7 Å². The summed E-state index contributed by atoms with van der Waals surface area (Å²) in [5.74, 6) is 0. The molecule has 0 radical (unpaired) electrons. The minimum absolute atomic E-state index is 0. The van der Waals surface area contributed by atoms with E-state index in [1.807, 2.05) is 0 Å². The number of benzene rings is 1. The first kappa shape index (κ1) is 14.1. The third-order valence-electron chi connectivity index (χ3n) is 1.60. The van der Waals surface area contributed by atoms with Gasteiger partial charge in [-0.25, -0.2) is 8.78 Å². The lowest BCUT2D eigenvalue weighted by Crippen LogP contribution is -2.18. The van der Waals surface area contributed by atoms with E-state index in [0.717, 1.165) is 0 Å². The normalized spacial score (nSPS) is 12.4. The molecule has 1 nitrogen and oxygen atoms in total. The molecule has 1 aromatic carbocycles. The Morgan fingerprint density at radius 3 is 2.36 bits per heavy atom. The summed E-state index contributed by atoms with van der Waals surface area (Å²) in [5, 5.41) is 0.477. The van der Waals surface area contributed by atoms with E-state index in [1.165, 1.54) is 18.2 Å². The second-order valence-electron chi connectivity index (χ2n) is 2.53. The van der Waals surface area contributed by atoms with Crippen LogP contribution in [0, 0.1) is 0 Å². The summed E-state index contributed by atoms with van der Waals surface area (Å²) in [7, 11) is 0. The predicted octanol–water partition coefficient (Wildman–Crippen LogP) is 3.79. The van der Waals surface area contributed by atoms with E-state index in [-0.39, 0.29) is 12.4 Å². The molecule has 14 heavy (non-hydrogen) atoms. The van der Waals surface area contributed by atoms with Gasteiger partial charge in [0.05, 0.1) is 11.1 Å². The topological polar surface area (TPSA) is 26.0 Å². The monoisotopic (exact) mass is 305 g/mol. The van der Waals surface area contributed by atoms with Crippen molar-refractivity contribution >= 4 is 39.9 Å². The van der Waals surface area contributed by atoms with E-state index in [1.54, 1.807) is 0 Å². The van der Waals surface area contributed by atoms with Crippen molar-refractivity contribution in [2.45, 2.75) is 12.5 Å². The number of halogens is 5. The van der Waals surface area contributed by atoms with Crippen LogP contribution in [0.3, 0.4) is 0 Å². The molecular formula is C8H8BrCl2F2N. The Kier molecular flexibility index (Phi) is 5.90. The van der Waals surface area contributed by atoms with Crippen LogP contribution in [0.4, 0.5) is 8.78 Å². The first-order chi connectivity index (χ1) is 6.02. The van der Waals surface area contributed by atoms with Crippen LogP contribution in [0.1, 0.15) is 11.6 Å². The quantitative estimate of drug-likeness (QED) is 0.884. The van der Waals surface area contributed by atoms with Gasteiger partial charge >= 0.3 is 0 Å². The molecule has 0 aromatic heterocycles. The van der Waals surface area contributed by atoms with Crippen molar-refractivity contribution in [2.75, 3.05) is 0 Å². The molecule has 0 heterocycles.